The maximum atomic E-state index is 9.43. The van der Waals surface area contributed by atoms with Crippen LogP contribution >= 0.6 is 45.2 Å². The van der Waals surface area contributed by atoms with Crippen LogP contribution in [-0.2, 0) is 11.3 Å². The summed E-state index contributed by atoms with van der Waals surface area (Å²) in [5, 5.41) is 9.43. The molecule has 3 heterocycles. The molecule has 0 radical (unpaired) electrons. The molecule has 2 aromatic rings. The Morgan fingerprint density at radius 1 is 1.45 bits per heavy atom. The van der Waals surface area contributed by atoms with Gasteiger partial charge in [0.2, 0.25) is 0 Å². The Morgan fingerprint density at radius 2 is 2.05 bits per heavy atom. The molecule has 0 amide bonds. The molecule has 2 aromatic heterocycles. The van der Waals surface area contributed by atoms with Crippen LogP contribution in [0.3, 0.4) is 0 Å². The van der Waals surface area contributed by atoms with Crippen LogP contribution in [0.2, 0.25) is 0 Å². The number of nitrogens with one attached hydrogen (secondary N) is 1. The standard InChI is InChI=1S/C7H11IN2O.C4H8O.C3H3IN2/c1-7(2,11)4-10-3-6(8)9-5-10;1-4(2)3-5-4;4-3-1-5-2-6-3/h3,5,11H,4H2,1-2H3;3H2,1-2H3;1-2H,(H,5,6). The van der Waals surface area contributed by atoms with Gasteiger partial charge in [0.1, 0.15) is 3.70 Å². The third-order valence-electron chi connectivity index (χ3n) is 2.36. The summed E-state index contributed by atoms with van der Waals surface area (Å²) in [6.45, 7) is 9.25. The highest BCUT2D eigenvalue weighted by atomic mass is 127. The SMILES string of the molecule is CC(C)(O)Cn1cnc(I)c1.CC1(C)CO1.Ic1cnc[nH]1. The summed E-state index contributed by atoms with van der Waals surface area (Å²) in [5.41, 5.74) is -0.413. The van der Waals surface area contributed by atoms with Crippen LogP contribution < -0.4 is 0 Å². The van der Waals surface area contributed by atoms with E-state index in [2.05, 4.69) is 74.0 Å². The van der Waals surface area contributed by atoms with Crippen LogP contribution in [0, 0.1) is 7.40 Å². The zero-order chi connectivity index (χ0) is 16.8. The number of hydrogen-bond acceptors (Lipinski definition) is 4. The number of aromatic amines is 1. The van der Waals surface area contributed by atoms with Crippen LogP contribution in [0.4, 0.5) is 0 Å². The van der Waals surface area contributed by atoms with Crippen LogP contribution in [0.1, 0.15) is 27.7 Å². The number of imidazole rings is 2. The quantitative estimate of drug-likeness (QED) is 0.461. The van der Waals surface area contributed by atoms with Gasteiger partial charge in [-0.05, 0) is 72.9 Å². The molecule has 0 saturated carbocycles. The minimum absolute atomic E-state index is 0.250. The molecule has 1 fully saturated rings. The molecule has 22 heavy (non-hydrogen) atoms. The molecule has 0 unspecified atom stereocenters. The van der Waals surface area contributed by atoms with Crippen molar-refractivity contribution in [3.05, 3.63) is 32.4 Å². The van der Waals surface area contributed by atoms with Crippen molar-refractivity contribution in [3.8, 4) is 0 Å². The minimum atomic E-state index is -0.663. The molecule has 8 heteroatoms. The van der Waals surface area contributed by atoms with Crippen LogP contribution in [-0.4, -0.2) is 42.4 Å². The topological polar surface area (TPSA) is 79.3 Å². The van der Waals surface area contributed by atoms with E-state index in [1.54, 1.807) is 32.7 Å². The molecular weight excluding hydrogens is 510 g/mol. The van der Waals surface area contributed by atoms with E-state index in [9.17, 15) is 5.11 Å². The molecule has 0 atom stereocenters. The number of hydrogen-bond donors (Lipinski definition) is 2. The van der Waals surface area contributed by atoms with Crippen LogP contribution in [0.25, 0.3) is 0 Å². The molecule has 1 saturated heterocycles. The monoisotopic (exact) mass is 532 g/mol. The maximum Gasteiger partial charge on any atom is 0.119 e. The van der Waals surface area contributed by atoms with E-state index in [0.29, 0.717) is 6.54 Å². The number of ether oxygens (including phenoxy) is 1. The fraction of sp³-hybridized carbons (Fsp3) is 0.571. The van der Waals surface area contributed by atoms with Gasteiger partial charge in [-0.1, -0.05) is 0 Å². The van der Waals surface area contributed by atoms with E-state index in [0.717, 1.165) is 14.0 Å². The summed E-state index contributed by atoms with van der Waals surface area (Å²) in [4.78, 5) is 10.7. The van der Waals surface area contributed by atoms with Crippen LogP contribution in [0.5, 0.6) is 0 Å². The van der Waals surface area contributed by atoms with E-state index in [4.69, 9.17) is 4.74 Å². The van der Waals surface area contributed by atoms with Gasteiger partial charge in [-0.3, -0.25) is 0 Å². The Hall–Kier alpha value is -0.200. The lowest BCUT2D eigenvalue weighted by atomic mass is 10.1. The Morgan fingerprint density at radius 3 is 2.27 bits per heavy atom. The van der Waals surface area contributed by atoms with E-state index in [1.807, 2.05) is 10.8 Å². The Bertz CT molecular complexity index is 541. The second kappa shape index (κ2) is 8.60. The second-order valence-electron chi connectivity index (χ2n) is 6.13. The first-order valence-corrected chi connectivity index (χ1v) is 8.91. The molecular formula is C14H22I2N4O2. The molecule has 0 bridgehead atoms. The Labute approximate surface area is 158 Å². The predicted molar refractivity (Wildman–Crippen MR) is 103 cm³/mol. The number of halogens is 2. The van der Waals surface area contributed by atoms with Crippen molar-refractivity contribution in [1.29, 1.82) is 0 Å². The first-order chi connectivity index (χ1) is 10.1. The average molecular weight is 532 g/mol. The number of aliphatic hydroxyl groups is 1. The van der Waals surface area contributed by atoms with Gasteiger partial charge in [0.25, 0.3) is 0 Å². The zero-order valence-corrected chi connectivity index (χ0v) is 17.5. The van der Waals surface area contributed by atoms with Crippen molar-refractivity contribution in [1.82, 2.24) is 19.5 Å². The lowest BCUT2D eigenvalue weighted by Gasteiger charge is -2.16. The number of H-pyrrole nitrogens is 1. The van der Waals surface area contributed by atoms with Gasteiger partial charge in [0.15, 0.2) is 0 Å². The summed E-state index contributed by atoms with van der Waals surface area (Å²) >= 11 is 4.30. The van der Waals surface area contributed by atoms with Crippen molar-refractivity contribution >= 4 is 45.2 Å². The largest absolute Gasteiger partial charge is 0.389 e. The number of epoxide rings is 1. The summed E-state index contributed by atoms with van der Waals surface area (Å²) in [7, 11) is 0. The molecule has 0 spiro atoms. The third kappa shape index (κ3) is 10.5. The Balaban J connectivity index is 0.000000184. The van der Waals surface area contributed by atoms with Crippen molar-refractivity contribution in [2.45, 2.75) is 45.4 Å². The summed E-state index contributed by atoms with van der Waals surface area (Å²) < 4.78 is 8.80. The maximum absolute atomic E-state index is 9.43. The lowest BCUT2D eigenvalue weighted by molar-refractivity contribution is 0.0615. The second-order valence-corrected chi connectivity index (χ2v) is 8.40. The van der Waals surface area contributed by atoms with Gasteiger partial charge in [-0.2, -0.15) is 0 Å². The highest BCUT2D eigenvalue weighted by molar-refractivity contribution is 14.1. The number of rotatable bonds is 2. The molecule has 6 nitrogen and oxygen atoms in total. The minimum Gasteiger partial charge on any atom is -0.389 e. The van der Waals surface area contributed by atoms with E-state index >= 15 is 0 Å². The number of aromatic nitrogens is 4. The third-order valence-corrected chi connectivity index (χ3v) is 3.50. The van der Waals surface area contributed by atoms with E-state index in [1.165, 1.54) is 0 Å². The summed E-state index contributed by atoms with van der Waals surface area (Å²) in [6.07, 6.45) is 7.04. The highest BCUT2D eigenvalue weighted by Gasteiger charge is 2.32. The molecule has 2 N–H and O–H groups in total. The van der Waals surface area contributed by atoms with E-state index in [-0.39, 0.29) is 5.60 Å². The summed E-state index contributed by atoms with van der Waals surface area (Å²) in [5.74, 6) is 0. The van der Waals surface area contributed by atoms with Crippen molar-refractivity contribution < 1.29 is 9.84 Å². The van der Waals surface area contributed by atoms with Gasteiger partial charge in [-0.15, -0.1) is 0 Å². The average Bonchev–Trinajstić information content (AvgIpc) is 2.79. The molecule has 124 valence electrons. The van der Waals surface area contributed by atoms with Crippen molar-refractivity contribution in [3.63, 3.8) is 0 Å². The van der Waals surface area contributed by atoms with Crippen LogP contribution in [0.15, 0.2) is 25.0 Å². The van der Waals surface area contributed by atoms with E-state index < -0.39 is 5.60 Å². The van der Waals surface area contributed by atoms with Gasteiger partial charge in [-0.25, -0.2) is 9.97 Å². The van der Waals surface area contributed by atoms with Crippen molar-refractivity contribution in [2.24, 2.45) is 0 Å². The van der Waals surface area contributed by atoms with Gasteiger partial charge < -0.3 is 19.4 Å². The molecule has 1 aliphatic rings. The fourth-order valence-corrected chi connectivity index (χ4v) is 2.03. The normalized spacial score (nSPS) is 15.2. The summed E-state index contributed by atoms with van der Waals surface area (Å²) in [6, 6.07) is 0. The van der Waals surface area contributed by atoms with Gasteiger partial charge >= 0.3 is 0 Å². The zero-order valence-electron chi connectivity index (χ0n) is 13.2. The Kier molecular flexibility index (Phi) is 7.75. The highest BCUT2D eigenvalue weighted by Crippen LogP contribution is 2.23. The molecule has 0 aliphatic carbocycles. The molecule has 3 rings (SSSR count). The molecule has 0 aromatic carbocycles. The predicted octanol–water partition coefficient (Wildman–Crippen LogP) is 3.07. The first kappa shape index (κ1) is 19.8. The lowest BCUT2D eigenvalue weighted by Crippen LogP contribution is -2.25. The fourth-order valence-electron chi connectivity index (χ4n) is 1.25. The molecule has 1 aliphatic heterocycles. The first-order valence-electron chi connectivity index (χ1n) is 6.75. The number of nitrogens with zero attached hydrogens (tertiary/aromatic N) is 3. The smallest absolute Gasteiger partial charge is 0.119 e. The van der Waals surface area contributed by atoms with Crippen molar-refractivity contribution in [2.75, 3.05) is 6.61 Å². The van der Waals surface area contributed by atoms with Gasteiger partial charge in [0.05, 0.1) is 46.9 Å². The van der Waals surface area contributed by atoms with Gasteiger partial charge in [0, 0.05) is 6.20 Å².